The number of aromatic nitrogens is 4. The summed E-state index contributed by atoms with van der Waals surface area (Å²) in [6.45, 7) is 0. The summed E-state index contributed by atoms with van der Waals surface area (Å²) < 4.78 is 13.9. The molecule has 0 amide bonds. The molecule has 0 fully saturated rings. The molecular weight excluding hydrogens is 319 g/mol. The molecule has 0 spiro atoms. The SMILES string of the molecule is O=c1[nH]c(=O)c2[nH]c(-c3cc(F)cc(Br)c3)nc2[nH]1. The molecule has 0 bridgehead atoms. The highest BCUT2D eigenvalue weighted by Crippen LogP contribution is 2.23. The Morgan fingerprint density at radius 3 is 2.63 bits per heavy atom. The second kappa shape index (κ2) is 4.16. The molecule has 19 heavy (non-hydrogen) atoms. The zero-order valence-electron chi connectivity index (χ0n) is 9.25. The second-order valence-corrected chi connectivity index (χ2v) is 4.79. The van der Waals surface area contributed by atoms with Crippen LogP contribution in [-0.4, -0.2) is 19.9 Å². The molecule has 3 aromatic rings. The lowest BCUT2D eigenvalue weighted by molar-refractivity contribution is 0.627. The average Bonchev–Trinajstić information content (AvgIpc) is 2.71. The Bertz CT molecular complexity index is 875. The van der Waals surface area contributed by atoms with Gasteiger partial charge < -0.3 is 4.98 Å². The fraction of sp³-hybridized carbons (Fsp3) is 0. The Kier molecular flexibility index (Phi) is 2.59. The normalized spacial score (nSPS) is 11.1. The Morgan fingerprint density at radius 2 is 1.89 bits per heavy atom. The maximum Gasteiger partial charge on any atom is 0.327 e. The molecular formula is C11H6BrFN4O2. The van der Waals surface area contributed by atoms with Crippen LogP contribution in [0.1, 0.15) is 0 Å². The summed E-state index contributed by atoms with van der Waals surface area (Å²) in [5.41, 5.74) is -0.494. The molecule has 96 valence electrons. The van der Waals surface area contributed by atoms with Crippen LogP contribution < -0.4 is 11.2 Å². The van der Waals surface area contributed by atoms with Gasteiger partial charge in [-0.3, -0.25) is 14.8 Å². The van der Waals surface area contributed by atoms with Gasteiger partial charge in [0.2, 0.25) is 0 Å². The van der Waals surface area contributed by atoms with E-state index < -0.39 is 17.1 Å². The number of imidazole rings is 1. The van der Waals surface area contributed by atoms with Gasteiger partial charge in [0.05, 0.1) is 0 Å². The Balaban J connectivity index is 2.29. The van der Waals surface area contributed by atoms with Gasteiger partial charge in [-0.2, -0.15) is 0 Å². The van der Waals surface area contributed by atoms with Crippen LogP contribution in [0.4, 0.5) is 4.39 Å². The first-order chi connectivity index (χ1) is 9.02. The van der Waals surface area contributed by atoms with E-state index in [0.717, 1.165) is 0 Å². The number of halogens is 2. The van der Waals surface area contributed by atoms with Gasteiger partial charge in [-0.1, -0.05) is 15.9 Å². The molecule has 0 aliphatic rings. The summed E-state index contributed by atoms with van der Waals surface area (Å²) >= 11 is 3.17. The highest BCUT2D eigenvalue weighted by atomic mass is 79.9. The molecule has 0 atom stereocenters. The lowest BCUT2D eigenvalue weighted by Crippen LogP contribution is -2.21. The molecule has 6 nitrogen and oxygen atoms in total. The van der Waals surface area contributed by atoms with Gasteiger partial charge in [-0.05, 0) is 18.2 Å². The van der Waals surface area contributed by atoms with Gasteiger partial charge in [-0.15, -0.1) is 0 Å². The number of H-pyrrole nitrogens is 3. The molecule has 3 rings (SSSR count). The van der Waals surface area contributed by atoms with Crippen molar-refractivity contribution in [2.75, 3.05) is 0 Å². The van der Waals surface area contributed by atoms with Crippen LogP contribution in [0.15, 0.2) is 32.3 Å². The monoisotopic (exact) mass is 324 g/mol. The zero-order valence-corrected chi connectivity index (χ0v) is 10.8. The summed E-state index contributed by atoms with van der Waals surface area (Å²) in [5.74, 6) is -0.144. The van der Waals surface area contributed by atoms with Crippen LogP contribution >= 0.6 is 15.9 Å². The minimum Gasteiger partial charge on any atom is -0.332 e. The predicted octanol–water partition coefficient (Wildman–Crippen LogP) is 1.51. The van der Waals surface area contributed by atoms with Crippen molar-refractivity contribution in [2.45, 2.75) is 0 Å². The first-order valence-electron chi connectivity index (χ1n) is 5.22. The summed E-state index contributed by atoms with van der Waals surface area (Å²) in [6, 6.07) is 4.22. The van der Waals surface area contributed by atoms with Gasteiger partial charge in [0, 0.05) is 10.0 Å². The number of aromatic amines is 3. The van der Waals surface area contributed by atoms with Crippen LogP contribution in [0.5, 0.6) is 0 Å². The quantitative estimate of drug-likeness (QED) is 0.633. The molecule has 0 unspecified atom stereocenters. The third kappa shape index (κ3) is 2.10. The topological polar surface area (TPSA) is 94.4 Å². The molecule has 3 N–H and O–H groups in total. The number of benzene rings is 1. The van der Waals surface area contributed by atoms with Crippen LogP contribution in [0.25, 0.3) is 22.6 Å². The third-order valence-electron chi connectivity index (χ3n) is 2.53. The van der Waals surface area contributed by atoms with E-state index in [1.165, 1.54) is 12.1 Å². The molecule has 2 heterocycles. The first-order valence-corrected chi connectivity index (χ1v) is 6.01. The van der Waals surface area contributed by atoms with Gasteiger partial charge in [-0.25, -0.2) is 14.2 Å². The highest BCUT2D eigenvalue weighted by Gasteiger charge is 2.10. The highest BCUT2D eigenvalue weighted by molar-refractivity contribution is 9.10. The van der Waals surface area contributed by atoms with Crippen molar-refractivity contribution < 1.29 is 4.39 Å². The maximum absolute atomic E-state index is 13.3. The summed E-state index contributed by atoms with van der Waals surface area (Å²) in [6.07, 6.45) is 0. The van der Waals surface area contributed by atoms with Crippen molar-refractivity contribution in [3.05, 3.63) is 49.3 Å². The molecule has 2 aromatic heterocycles. The van der Waals surface area contributed by atoms with Crippen molar-refractivity contribution in [2.24, 2.45) is 0 Å². The Labute approximate surface area is 112 Å². The van der Waals surface area contributed by atoms with Crippen LogP contribution in [0.2, 0.25) is 0 Å². The first kappa shape index (κ1) is 11.8. The molecule has 0 aliphatic heterocycles. The van der Waals surface area contributed by atoms with Crippen LogP contribution in [-0.2, 0) is 0 Å². The Hall–Kier alpha value is -2.22. The van der Waals surface area contributed by atoms with E-state index in [-0.39, 0.29) is 11.2 Å². The lowest BCUT2D eigenvalue weighted by atomic mass is 10.2. The molecule has 0 radical (unpaired) electrons. The van der Waals surface area contributed by atoms with Gasteiger partial charge in [0.1, 0.15) is 17.2 Å². The van der Waals surface area contributed by atoms with E-state index in [1.807, 2.05) is 0 Å². The van der Waals surface area contributed by atoms with Gasteiger partial charge in [0.15, 0.2) is 5.65 Å². The van der Waals surface area contributed by atoms with Gasteiger partial charge in [0.25, 0.3) is 5.56 Å². The van der Waals surface area contributed by atoms with Crippen LogP contribution in [0.3, 0.4) is 0 Å². The number of fused-ring (bicyclic) bond motifs is 1. The predicted molar refractivity (Wildman–Crippen MR) is 70.4 cm³/mol. The largest absolute Gasteiger partial charge is 0.332 e. The molecule has 0 aliphatic carbocycles. The van der Waals surface area contributed by atoms with Crippen molar-refractivity contribution >= 4 is 27.1 Å². The zero-order chi connectivity index (χ0) is 13.6. The molecule has 1 aromatic carbocycles. The molecule has 0 saturated heterocycles. The fourth-order valence-electron chi connectivity index (χ4n) is 1.76. The summed E-state index contributed by atoms with van der Waals surface area (Å²) in [7, 11) is 0. The van der Waals surface area contributed by atoms with E-state index in [1.54, 1.807) is 6.07 Å². The number of nitrogens with zero attached hydrogens (tertiary/aromatic N) is 1. The minimum absolute atomic E-state index is 0.129. The maximum atomic E-state index is 13.3. The van der Waals surface area contributed by atoms with E-state index in [0.29, 0.717) is 15.9 Å². The smallest absolute Gasteiger partial charge is 0.327 e. The summed E-state index contributed by atoms with van der Waals surface area (Å²) in [4.78, 5) is 34.0. The van der Waals surface area contributed by atoms with Crippen LogP contribution in [0, 0.1) is 5.82 Å². The van der Waals surface area contributed by atoms with E-state index in [2.05, 4.69) is 35.9 Å². The van der Waals surface area contributed by atoms with E-state index in [4.69, 9.17) is 0 Å². The number of hydrogen-bond donors (Lipinski definition) is 3. The number of nitrogens with one attached hydrogen (secondary N) is 3. The lowest BCUT2D eigenvalue weighted by Gasteiger charge is -1.98. The standard InChI is InChI=1S/C11H6BrFN4O2/c12-5-1-4(2-6(13)3-5)8-14-7-9(15-8)16-11(19)17-10(7)18/h1-3H,(H3,14,15,16,17,18,19). The van der Waals surface area contributed by atoms with Crippen molar-refractivity contribution in [1.82, 2.24) is 19.9 Å². The van der Waals surface area contributed by atoms with E-state index >= 15 is 0 Å². The molecule has 8 heteroatoms. The third-order valence-corrected chi connectivity index (χ3v) is 2.98. The van der Waals surface area contributed by atoms with Gasteiger partial charge >= 0.3 is 5.69 Å². The molecule has 0 saturated carbocycles. The number of hydrogen-bond acceptors (Lipinski definition) is 3. The fourth-order valence-corrected chi connectivity index (χ4v) is 2.23. The van der Waals surface area contributed by atoms with E-state index in [9.17, 15) is 14.0 Å². The second-order valence-electron chi connectivity index (χ2n) is 3.88. The van der Waals surface area contributed by atoms with Crippen molar-refractivity contribution in [3.63, 3.8) is 0 Å². The minimum atomic E-state index is -0.643. The van der Waals surface area contributed by atoms with Crippen molar-refractivity contribution in [3.8, 4) is 11.4 Å². The Morgan fingerprint density at radius 1 is 1.11 bits per heavy atom. The number of rotatable bonds is 1. The average molecular weight is 325 g/mol. The summed E-state index contributed by atoms with van der Waals surface area (Å²) in [5, 5.41) is 0. The van der Waals surface area contributed by atoms with Crippen molar-refractivity contribution in [1.29, 1.82) is 0 Å².